The van der Waals surface area contributed by atoms with E-state index in [1.165, 1.54) is 49.8 Å². The number of hydrogen-bond donors (Lipinski definition) is 1. The molecule has 22 heavy (non-hydrogen) atoms. The molecule has 2 amide bonds. The second-order valence-electron chi connectivity index (χ2n) is 6.56. The molecule has 0 aromatic rings. The van der Waals surface area contributed by atoms with Crippen LogP contribution in [0.2, 0.25) is 0 Å². The zero-order valence-electron chi connectivity index (χ0n) is 14.3. The van der Waals surface area contributed by atoms with Gasteiger partial charge in [0.15, 0.2) is 0 Å². The standard InChI is InChI=1S/C18H34N2O2/c1-2-3-4-5-6-7-8-9-10-14-17(21)20-15-12-11-13-16(19)18(20)22/h16H,2-15,19H2,1H3/t16-/m0/s1. The highest BCUT2D eigenvalue weighted by Gasteiger charge is 2.27. The Morgan fingerprint density at radius 1 is 1.05 bits per heavy atom. The lowest BCUT2D eigenvalue weighted by molar-refractivity contribution is -0.145. The van der Waals surface area contributed by atoms with Crippen LogP contribution in [0.3, 0.4) is 0 Å². The third kappa shape index (κ3) is 7.39. The van der Waals surface area contributed by atoms with Crippen molar-refractivity contribution in [1.29, 1.82) is 0 Å². The Balaban J connectivity index is 2.08. The Morgan fingerprint density at radius 3 is 2.27 bits per heavy atom. The predicted molar refractivity (Wildman–Crippen MR) is 90.4 cm³/mol. The zero-order valence-corrected chi connectivity index (χ0v) is 14.3. The predicted octanol–water partition coefficient (Wildman–Crippen LogP) is 3.77. The molecule has 0 spiro atoms. The van der Waals surface area contributed by atoms with E-state index < -0.39 is 6.04 Å². The molecule has 1 saturated heterocycles. The molecule has 1 aliphatic rings. The summed E-state index contributed by atoms with van der Waals surface area (Å²) in [5.74, 6) is -0.191. The maximum atomic E-state index is 12.2. The Kier molecular flexibility index (Phi) is 10.1. The zero-order chi connectivity index (χ0) is 16.2. The molecule has 0 aromatic carbocycles. The Hall–Kier alpha value is -0.900. The van der Waals surface area contributed by atoms with Crippen LogP contribution < -0.4 is 5.73 Å². The molecule has 0 bridgehead atoms. The summed E-state index contributed by atoms with van der Waals surface area (Å²) in [6, 6.07) is -0.477. The van der Waals surface area contributed by atoms with Crippen LogP contribution in [0.15, 0.2) is 0 Å². The van der Waals surface area contributed by atoms with Crippen LogP contribution in [0.4, 0.5) is 0 Å². The molecule has 1 rings (SSSR count). The van der Waals surface area contributed by atoms with Gasteiger partial charge in [-0.2, -0.15) is 0 Å². The number of hydrogen-bond acceptors (Lipinski definition) is 3. The van der Waals surface area contributed by atoms with Crippen molar-refractivity contribution in [2.24, 2.45) is 5.73 Å². The molecule has 1 aliphatic heterocycles. The number of nitrogens with two attached hydrogens (primary N) is 1. The topological polar surface area (TPSA) is 63.4 Å². The van der Waals surface area contributed by atoms with Crippen molar-refractivity contribution in [3.8, 4) is 0 Å². The van der Waals surface area contributed by atoms with E-state index >= 15 is 0 Å². The maximum Gasteiger partial charge on any atom is 0.246 e. The fourth-order valence-electron chi connectivity index (χ4n) is 3.04. The molecule has 2 N–H and O–H groups in total. The average Bonchev–Trinajstić information content (AvgIpc) is 2.68. The van der Waals surface area contributed by atoms with Gasteiger partial charge in [0.05, 0.1) is 6.04 Å². The van der Waals surface area contributed by atoms with Gasteiger partial charge in [0, 0.05) is 13.0 Å². The lowest BCUT2D eigenvalue weighted by atomic mass is 10.1. The van der Waals surface area contributed by atoms with Gasteiger partial charge in [0.25, 0.3) is 0 Å². The minimum Gasteiger partial charge on any atom is -0.320 e. The summed E-state index contributed by atoms with van der Waals surface area (Å²) in [4.78, 5) is 25.6. The molecule has 1 atom stereocenters. The summed E-state index contributed by atoms with van der Waals surface area (Å²) < 4.78 is 0. The molecule has 1 heterocycles. The average molecular weight is 310 g/mol. The summed E-state index contributed by atoms with van der Waals surface area (Å²) in [5, 5.41) is 0. The summed E-state index contributed by atoms with van der Waals surface area (Å²) >= 11 is 0. The van der Waals surface area contributed by atoms with Gasteiger partial charge in [-0.1, -0.05) is 58.3 Å². The van der Waals surface area contributed by atoms with E-state index in [0.29, 0.717) is 19.4 Å². The molecule has 0 unspecified atom stereocenters. The lowest BCUT2D eigenvalue weighted by Gasteiger charge is -2.20. The molecule has 0 aliphatic carbocycles. The molecular formula is C18H34N2O2. The summed E-state index contributed by atoms with van der Waals surface area (Å²) in [6.07, 6.45) is 14.1. The van der Waals surface area contributed by atoms with Crippen molar-refractivity contribution < 1.29 is 9.59 Å². The monoisotopic (exact) mass is 310 g/mol. The smallest absolute Gasteiger partial charge is 0.246 e. The fourth-order valence-corrected chi connectivity index (χ4v) is 3.04. The first-order valence-corrected chi connectivity index (χ1v) is 9.26. The van der Waals surface area contributed by atoms with Crippen LogP contribution >= 0.6 is 0 Å². The van der Waals surface area contributed by atoms with E-state index in [0.717, 1.165) is 25.7 Å². The molecule has 0 aromatic heterocycles. The van der Waals surface area contributed by atoms with Crippen LogP contribution in [0.1, 0.15) is 90.4 Å². The van der Waals surface area contributed by atoms with E-state index in [9.17, 15) is 9.59 Å². The second-order valence-corrected chi connectivity index (χ2v) is 6.56. The van der Waals surface area contributed by atoms with Crippen molar-refractivity contribution in [3.05, 3.63) is 0 Å². The van der Waals surface area contributed by atoms with E-state index in [1.54, 1.807) is 0 Å². The largest absolute Gasteiger partial charge is 0.320 e. The molecule has 0 saturated carbocycles. The van der Waals surface area contributed by atoms with Crippen molar-refractivity contribution >= 4 is 11.8 Å². The minimum absolute atomic E-state index is 0.0229. The summed E-state index contributed by atoms with van der Waals surface area (Å²) in [7, 11) is 0. The number of carbonyl (C=O) groups excluding carboxylic acids is 2. The molecule has 4 nitrogen and oxygen atoms in total. The minimum atomic E-state index is -0.477. The van der Waals surface area contributed by atoms with Crippen LogP contribution in [0.25, 0.3) is 0 Å². The van der Waals surface area contributed by atoms with E-state index in [1.807, 2.05) is 0 Å². The number of likely N-dealkylation sites (tertiary alicyclic amines) is 1. The van der Waals surface area contributed by atoms with Gasteiger partial charge in [0.2, 0.25) is 11.8 Å². The van der Waals surface area contributed by atoms with Gasteiger partial charge >= 0.3 is 0 Å². The highest BCUT2D eigenvalue weighted by Crippen LogP contribution is 2.14. The van der Waals surface area contributed by atoms with Crippen LogP contribution in [0, 0.1) is 0 Å². The van der Waals surface area contributed by atoms with Crippen LogP contribution in [-0.4, -0.2) is 29.3 Å². The maximum absolute atomic E-state index is 12.2. The number of amides is 2. The summed E-state index contributed by atoms with van der Waals surface area (Å²) in [5.41, 5.74) is 5.81. The van der Waals surface area contributed by atoms with Gasteiger partial charge < -0.3 is 5.73 Å². The van der Waals surface area contributed by atoms with Gasteiger partial charge in [-0.15, -0.1) is 0 Å². The van der Waals surface area contributed by atoms with Gasteiger partial charge in [-0.05, 0) is 25.7 Å². The number of unbranched alkanes of at least 4 members (excludes halogenated alkanes) is 8. The molecular weight excluding hydrogens is 276 g/mol. The van der Waals surface area contributed by atoms with E-state index in [2.05, 4.69) is 6.92 Å². The van der Waals surface area contributed by atoms with Gasteiger partial charge in [-0.25, -0.2) is 0 Å². The number of nitrogens with zero attached hydrogens (tertiary/aromatic N) is 1. The first-order chi connectivity index (χ1) is 10.7. The second kappa shape index (κ2) is 11.6. The van der Waals surface area contributed by atoms with Crippen molar-refractivity contribution in [3.63, 3.8) is 0 Å². The van der Waals surface area contributed by atoms with Gasteiger partial charge in [-0.3, -0.25) is 14.5 Å². The first-order valence-electron chi connectivity index (χ1n) is 9.26. The van der Waals surface area contributed by atoms with E-state index in [-0.39, 0.29) is 11.8 Å². The Labute approximate surface area is 135 Å². The highest BCUT2D eigenvalue weighted by molar-refractivity contribution is 5.97. The third-order valence-electron chi connectivity index (χ3n) is 4.53. The summed E-state index contributed by atoms with van der Waals surface area (Å²) in [6.45, 7) is 2.79. The Morgan fingerprint density at radius 2 is 1.64 bits per heavy atom. The molecule has 1 fully saturated rings. The fraction of sp³-hybridized carbons (Fsp3) is 0.889. The van der Waals surface area contributed by atoms with E-state index in [4.69, 9.17) is 5.73 Å². The van der Waals surface area contributed by atoms with Gasteiger partial charge in [0.1, 0.15) is 0 Å². The molecule has 128 valence electrons. The highest BCUT2D eigenvalue weighted by atomic mass is 16.2. The molecule has 4 heteroatoms. The number of rotatable bonds is 10. The van der Waals surface area contributed by atoms with Crippen molar-refractivity contribution in [1.82, 2.24) is 4.90 Å². The van der Waals surface area contributed by atoms with Crippen LogP contribution in [0.5, 0.6) is 0 Å². The third-order valence-corrected chi connectivity index (χ3v) is 4.53. The molecule has 0 radical (unpaired) electrons. The first kappa shape index (κ1) is 19.1. The lowest BCUT2D eigenvalue weighted by Crippen LogP contribution is -2.45. The van der Waals surface area contributed by atoms with Crippen molar-refractivity contribution in [2.75, 3.05) is 6.54 Å². The normalized spacial score (nSPS) is 19.3. The number of imide groups is 1. The van der Waals surface area contributed by atoms with Crippen LogP contribution in [-0.2, 0) is 9.59 Å². The SMILES string of the molecule is CCCCCCCCCCCC(=O)N1CCCC[C@H](N)C1=O. The quantitative estimate of drug-likeness (QED) is 0.625. The van der Waals surface area contributed by atoms with Crippen molar-refractivity contribution in [2.45, 2.75) is 96.4 Å². The Bertz CT molecular complexity index is 331. The number of carbonyl (C=O) groups is 2.